The van der Waals surface area contributed by atoms with Gasteiger partial charge >= 0.3 is 0 Å². The smallest absolute Gasteiger partial charge is 0.0520 e. The Morgan fingerprint density at radius 1 is 0.935 bits per heavy atom. The summed E-state index contributed by atoms with van der Waals surface area (Å²) >= 11 is 1.76. The molecule has 168 valence electrons. The molecule has 0 saturated carbocycles. The van der Waals surface area contributed by atoms with Gasteiger partial charge in [0.05, 0.1) is 5.71 Å². The van der Waals surface area contributed by atoms with Gasteiger partial charge in [-0.25, -0.2) is 8.61 Å². The fourth-order valence-electron chi connectivity index (χ4n) is 3.56. The van der Waals surface area contributed by atoms with Gasteiger partial charge in [-0.05, 0) is 43.1 Å². The quantitative estimate of drug-likeness (QED) is 0.386. The topological polar surface area (TPSA) is 18.8 Å². The van der Waals surface area contributed by atoms with Gasteiger partial charge in [0, 0.05) is 37.3 Å². The van der Waals surface area contributed by atoms with Crippen LogP contribution >= 0.6 is 12.1 Å². The van der Waals surface area contributed by atoms with E-state index < -0.39 is 0 Å². The largest absolute Gasteiger partial charge is 0.257 e. The second-order valence-electron chi connectivity index (χ2n) is 8.31. The van der Waals surface area contributed by atoms with Crippen LogP contribution in [-0.2, 0) is 6.54 Å². The SMILES string of the molecule is CCCC1=C(C(C)C)CC(c2ccccc2)=N1.CCN(Cc1ccccc1)SN(C)C. The number of nitrogens with zero attached hydrogens (tertiary/aromatic N) is 3. The van der Waals surface area contributed by atoms with Gasteiger partial charge in [0.2, 0.25) is 0 Å². The fraction of sp³-hybridized carbons (Fsp3) is 0.444. The molecule has 0 amide bonds. The highest BCUT2D eigenvalue weighted by Gasteiger charge is 2.20. The third kappa shape index (κ3) is 8.64. The van der Waals surface area contributed by atoms with E-state index in [4.69, 9.17) is 4.99 Å². The minimum Gasteiger partial charge on any atom is -0.257 e. The first-order valence-corrected chi connectivity index (χ1v) is 12.2. The Balaban J connectivity index is 0.000000225. The molecule has 4 heteroatoms. The molecule has 0 aromatic heterocycles. The molecule has 0 atom stereocenters. The van der Waals surface area contributed by atoms with Crippen molar-refractivity contribution in [2.75, 3.05) is 20.6 Å². The maximum atomic E-state index is 4.85. The molecule has 3 rings (SSSR count). The van der Waals surface area contributed by atoms with Crippen LogP contribution in [0.1, 0.15) is 58.1 Å². The Morgan fingerprint density at radius 2 is 1.55 bits per heavy atom. The zero-order valence-electron chi connectivity index (χ0n) is 20.1. The number of hydrogen-bond donors (Lipinski definition) is 0. The number of allylic oxidation sites excluding steroid dienone is 2. The molecule has 3 nitrogen and oxygen atoms in total. The summed E-state index contributed by atoms with van der Waals surface area (Å²) in [7, 11) is 4.14. The van der Waals surface area contributed by atoms with Gasteiger partial charge in [-0.15, -0.1) is 0 Å². The van der Waals surface area contributed by atoms with Gasteiger partial charge < -0.3 is 0 Å². The van der Waals surface area contributed by atoms with Crippen molar-refractivity contribution in [1.29, 1.82) is 0 Å². The van der Waals surface area contributed by atoms with Crippen molar-refractivity contribution in [2.45, 2.75) is 53.5 Å². The van der Waals surface area contributed by atoms with Crippen molar-refractivity contribution in [2.24, 2.45) is 10.9 Å². The van der Waals surface area contributed by atoms with E-state index in [0.717, 1.165) is 25.9 Å². The van der Waals surface area contributed by atoms with Crippen molar-refractivity contribution < 1.29 is 0 Å². The Morgan fingerprint density at radius 3 is 2.06 bits per heavy atom. The summed E-state index contributed by atoms with van der Waals surface area (Å²) in [5.41, 5.74) is 6.75. The van der Waals surface area contributed by atoms with Gasteiger partial charge in [-0.3, -0.25) is 4.99 Å². The summed E-state index contributed by atoms with van der Waals surface area (Å²) in [6, 6.07) is 21.1. The van der Waals surface area contributed by atoms with Gasteiger partial charge in [-0.1, -0.05) is 94.8 Å². The molecule has 0 aliphatic carbocycles. The monoisotopic (exact) mass is 437 g/mol. The van der Waals surface area contributed by atoms with Crippen LogP contribution in [0, 0.1) is 5.92 Å². The molecule has 0 saturated heterocycles. The Hall–Kier alpha value is -1.88. The zero-order chi connectivity index (χ0) is 22.6. The molecule has 0 fully saturated rings. The Bertz CT molecular complexity index is 826. The molecule has 0 unspecified atom stereocenters. The van der Waals surface area contributed by atoms with Gasteiger partial charge in [0.1, 0.15) is 0 Å². The molecule has 2 aromatic carbocycles. The molecule has 0 spiro atoms. The Labute approximate surface area is 194 Å². The van der Waals surface area contributed by atoms with Crippen molar-refractivity contribution >= 4 is 17.8 Å². The first kappa shape index (κ1) is 25.4. The molecule has 1 aliphatic heterocycles. The minimum absolute atomic E-state index is 0.613. The van der Waals surface area contributed by atoms with E-state index in [2.05, 4.69) is 111 Å². The van der Waals surface area contributed by atoms with Crippen molar-refractivity contribution in [3.05, 3.63) is 83.1 Å². The van der Waals surface area contributed by atoms with Crippen LogP contribution in [0.5, 0.6) is 0 Å². The first-order chi connectivity index (χ1) is 14.9. The number of rotatable bonds is 9. The predicted molar refractivity (Wildman–Crippen MR) is 138 cm³/mol. The first-order valence-electron chi connectivity index (χ1n) is 11.4. The summed E-state index contributed by atoms with van der Waals surface area (Å²) in [6.45, 7) is 11.0. The average Bonchev–Trinajstić information content (AvgIpc) is 3.19. The molecule has 1 heterocycles. The average molecular weight is 438 g/mol. The van der Waals surface area contributed by atoms with Crippen LogP contribution in [-0.4, -0.2) is 35.0 Å². The predicted octanol–water partition coefficient (Wildman–Crippen LogP) is 7.22. The lowest BCUT2D eigenvalue weighted by atomic mass is 9.95. The van der Waals surface area contributed by atoms with Gasteiger partial charge in [0.15, 0.2) is 0 Å². The lowest BCUT2D eigenvalue weighted by Crippen LogP contribution is -2.19. The molecule has 0 radical (unpaired) electrons. The number of benzene rings is 2. The van der Waals surface area contributed by atoms with Gasteiger partial charge in [0.25, 0.3) is 0 Å². The van der Waals surface area contributed by atoms with E-state index in [9.17, 15) is 0 Å². The fourth-order valence-corrected chi connectivity index (χ4v) is 4.34. The van der Waals surface area contributed by atoms with Crippen LogP contribution in [0.2, 0.25) is 0 Å². The number of hydrogen-bond acceptors (Lipinski definition) is 4. The standard InChI is InChI=1S/C16H21N.C11H18N2S/c1-4-8-15-14(12(2)3)11-16(17-15)13-9-6-5-7-10-13;1-4-13(14-12(2)3)10-11-8-6-5-7-9-11/h5-7,9-10,12H,4,8,11H2,1-3H3;5-9H,4,10H2,1-3H3. The van der Waals surface area contributed by atoms with E-state index in [1.807, 2.05) is 0 Å². The maximum absolute atomic E-state index is 4.85. The lowest BCUT2D eigenvalue weighted by Gasteiger charge is -2.22. The van der Waals surface area contributed by atoms with Crippen LogP contribution in [0.25, 0.3) is 0 Å². The molecule has 2 aromatic rings. The Kier molecular flexibility index (Phi) is 11.1. The highest BCUT2D eigenvalue weighted by molar-refractivity contribution is 7.94. The summed E-state index contributed by atoms with van der Waals surface area (Å²) in [4.78, 5) is 4.85. The maximum Gasteiger partial charge on any atom is 0.0520 e. The van der Waals surface area contributed by atoms with E-state index in [1.54, 1.807) is 12.1 Å². The van der Waals surface area contributed by atoms with E-state index in [0.29, 0.717) is 5.92 Å². The molecule has 0 N–H and O–H groups in total. The van der Waals surface area contributed by atoms with E-state index in [-0.39, 0.29) is 0 Å². The number of aliphatic imine (C=N–C) groups is 1. The summed E-state index contributed by atoms with van der Waals surface area (Å²) in [5.74, 6) is 0.613. The van der Waals surface area contributed by atoms with Crippen LogP contribution in [0.3, 0.4) is 0 Å². The molecule has 31 heavy (non-hydrogen) atoms. The normalized spacial score (nSPS) is 13.6. The highest BCUT2D eigenvalue weighted by atomic mass is 32.2. The van der Waals surface area contributed by atoms with Crippen molar-refractivity contribution in [3.8, 4) is 0 Å². The molecule has 1 aliphatic rings. The minimum atomic E-state index is 0.613. The molecular weight excluding hydrogens is 398 g/mol. The van der Waals surface area contributed by atoms with Gasteiger partial charge in [-0.2, -0.15) is 0 Å². The molecule has 0 bridgehead atoms. The second-order valence-corrected chi connectivity index (χ2v) is 9.72. The third-order valence-corrected chi connectivity index (χ3v) is 6.07. The third-order valence-electron chi connectivity index (χ3n) is 5.12. The summed E-state index contributed by atoms with van der Waals surface area (Å²) in [6.07, 6.45) is 3.33. The highest BCUT2D eigenvalue weighted by Crippen LogP contribution is 2.31. The lowest BCUT2D eigenvalue weighted by molar-refractivity contribution is 0.470. The zero-order valence-corrected chi connectivity index (χ0v) is 21.0. The van der Waals surface area contributed by atoms with Crippen molar-refractivity contribution in [3.63, 3.8) is 0 Å². The second kappa shape index (κ2) is 13.5. The molecular formula is C27H39N3S. The van der Waals surface area contributed by atoms with E-state index >= 15 is 0 Å². The van der Waals surface area contributed by atoms with Crippen LogP contribution in [0.4, 0.5) is 0 Å². The summed E-state index contributed by atoms with van der Waals surface area (Å²) < 4.78 is 4.45. The van der Waals surface area contributed by atoms with Crippen LogP contribution in [0.15, 0.2) is 76.9 Å². The van der Waals surface area contributed by atoms with Crippen molar-refractivity contribution in [1.82, 2.24) is 8.61 Å². The van der Waals surface area contributed by atoms with Crippen LogP contribution < -0.4 is 0 Å². The summed E-state index contributed by atoms with van der Waals surface area (Å²) in [5, 5.41) is 0. The van der Waals surface area contributed by atoms with E-state index in [1.165, 1.54) is 34.5 Å².